The summed E-state index contributed by atoms with van der Waals surface area (Å²) in [6, 6.07) is 10.1. The van der Waals surface area contributed by atoms with Gasteiger partial charge >= 0.3 is 0 Å². The van der Waals surface area contributed by atoms with Crippen LogP contribution in [0.3, 0.4) is 0 Å². The average molecular weight is 340 g/mol. The minimum atomic E-state index is 0.0133. The molecule has 134 valence electrons. The van der Waals surface area contributed by atoms with E-state index < -0.39 is 0 Å². The van der Waals surface area contributed by atoms with E-state index in [0.29, 0.717) is 18.3 Å². The van der Waals surface area contributed by atoms with Gasteiger partial charge < -0.3 is 10.6 Å². The van der Waals surface area contributed by atoms with E-state index in [4.69, 9.17) is 0 Å². The maximum absolute atomic E-state index is 12.4. The molecule has 0 bridgehead atoms. The second kappa shape index (κ2) is 8.30. The van der Waals surface area contributed by atoms with Crippen LogP contribution in [0.4, 0.5) is 0 Å². The highest BCUT2D eigenvalue weighted by Gasteiger charge is 2.22. The Balaban J connectivity index is 1.52. The first-order valence-corrected chi connectivity index (χ1v) is 9.23. The largest absolute Gasteiger partial charge is 0.350 e. The zero-order valence-electron chi connectivity index (χ0n) is 15.1. The molecule has 3 rings (SSSR count). The second-order valence-electron chi connectivity index (χ2n) is 7.10. The molecular weight excluding hydrogens is 312 g/mol. The fourth-order valence-electron chi connectivity index (χ4n) is 3.59. The summed E-state index contributed by atoms with van der Waals surface area (Å²) in [5.74, 6) is 1.25. The van der Waals surface area contributed by atoms with Crippen LogP contribution in [-0.4, -0.2) is 28.8 Å². The highest BCUT2D eigenvalue weighted by atomic mass is 16.1. The minimum Gasteiger partial charge on any atom is -0.350 e. The summed E-state index contributed by atoms with van der Waals surface area (Å²) in [5, 5.41) is 10.8. The van der Waals surface area contributed by atoms with Crippen LogP contribution in [0.1, 0.15) is 44.7 Å². The Kier molecular flexibility index (Phi) is 5.87. The molecule has 2 atom stereocenters. The van der Waals surface area contributed by atoms with Crippen molar-refractivity contribution in [1.82, 2.24) is 20.4 Å². The number of aromatic nitrogens is 2. The van der Waals surface area contributed by atoms with Crippen LogP contribution < -0.4 is 10.6 Å². The number of piperidine rings is 1. The Bertz CT molecular complexity index is 660. The molecule has 1 aromatic carbocycles. The molecule has 1 amide bonds. The van der Waals surface area contributed by atoms with Crippen LogP contribution in [0.15, 0.2) is 42.7 Å². The molecule has 25 heavy (non-hydrogen) atoms. The van der Waals surface area contributed by atoms with Crippen LogP contribution in [0.2, 0.25) is 0 Å². The third-order valence-electron chi connectivity index (χ3n) is 5.24. The lowest BCUT2D eigenvalue weighted by molar-refractivity contribution is -0.123. The lowest BCUT2D eigenvalue weighted by Crippen LogP contribution is -2.34. The van der Waals surface area contributed by atoms with Gasteiger partial charge in [-0.2, -0.15) is 5.10 Å². The van der Waals surface area contributed by atoms with Crippen molar-refractivity contribution in [1.29, 1.82) is 0 Å². The van der Waals surface area contributed by atoms with Gasteiger partial charge in [-0.15, -0.1) is 0 Å². The number of hydrogen-bond acceptors (Lipinski definition) is 3. The first-order chi connectivity index (χ1) is 12.1. The van der Waals surface area contributed by atoms with Gasteiger partial charge in [0.05, 0.1) is 11.7 Å². The predicted octanol–water partition coefficient (Wildman–Crippen LogP) is 3.08. The normalized spacial score (nSPS) is 17.8. The first-order valence-electron chi connectivity index (χ1n) is 9.23. The first kappa shape index (κ1) is 17.7. The van der Waals surface area contributed by atoms with E-state index in [1.165, 1.54) is 12.8 Å². The van der Waals surface area contributed by atoms with Crippen molar-refractivity contribution in [2.45, 2.75) is 39.2 Å². The summed E-state index contributed by atoms with van der Waals surface area (Å²) in [6.07, 6.45) is 6.65. The van der Waals surface area contributed by atoms with Gasteiger partial charge in [0.1, 0.15) is 0 Å². The summed E-state index contributed by atoms with van der Waals surface area (Å²) in [5.41, 5.74) is 2.13. The van der Waals surface area contributed by atoms with E-state index in [-0.39, 0.29) is 11.9 Å². The molecule has 1 aliphatic rings. The molecule has 2 heterocycles. The van der Waals surface area contributed by atoms with Crippen LogP contribution in [0.25, 0.3) is 5.69 Å². The van der Waals surface area contributed by atoms with Crippen LogP contribution in [-0.2, 0) is 4.79 Å². The van der Waals surface area contributed by atoms with Crippen molar-refractivity contribution >= 4 is 5.91 Å². The molecule has 5 nitrogen and oxygen atoms in total. The monoisotopic (exact) mass is 340 g/mol. The number of hydrogen-bond donors (Lipinski definition) is 2. The Labute approximate surface area is 149 Å². The molecule has 0 radical (unpaired) electrons. The molecule has 1 saturated heterocycles. The fourth-order valence-corrected chi connectivity index (χ4v) is 3.59. The standard InChI is InChI=1S/C20H28N4O/c1-15(17-8-11-21-12-9-17)14-20(25)23-16(2)18-4-6-19(7-5-18)24-13-3-10-22-24/h3-7,10,13,15-17,21H,8-9,11-12,14H2,1-2H3,(H,23,25). The molecule has 0 aliphatic carbocycles. The summed E-state index contributed by atoms with van der Waals surface area (Å²) in [7, 11) is 0. The zero-order valence-corrected chi connectivity index (χ0v) is 15.1. The number of rotatable bonds is 6. The molecule has 0 spiro atoms. The molecule has 1 aliphatic heterocycles. The summed E-state index contributed by atoms with van der Waals surface area (Å²) >= 11 is 0. The quantitative estimate of drug-likeness (QED) is 0.850. The van der Waals surface area contributed by atoms with E-state index in [1.54, 1.807) is 6.20 Å². The van der Waals surface area contributed by atoms with Gasteiger partial charge in [0, 0.05) is 18.8 Å². The fraction of sp³-hybridized carbons (Fsp3) is 0.500. The van der Waals surface area contributed by atoms with E-state index in [9.17, 15) is 4.79 Å². The number of nitrogens with zero attached hydrogens (tertiary/aromatic N) is 2. The number of amides is 1. The molecule has 2 unspecified atom stereocenters. The van der Waals surface area contributed by atoms with Crippen LogP contribution in [0.5, 0.6) is 0 Å². The molecule has 5 heteroatoms. The van der Waals surface area contributed by atoms with E-state index in [0.717, 1.165) is 24.3 Å². The molecule has 1 aromatic heterocycles. The highest BCUT2D eigenvalue weighted by molar-refractivity contribution is 5.76. The van der Waals surface area contributed by atoms with Crippen molar-refractivity contribution in [3.63, 3.8) is 0 Å². The molecule has 2 N–H and O–H groups in total. The molecule has 1 fully saturated rings. The van der Waals surface area contributed by atoms with Gasteiger partial charge in [0.25, 0.3) is 0 Å². The molecule has 0 saturated carbocycles. The summed E-state index contributed by atoms with van der Waals surface area (Å²) in [6.45, 7) is 6.40. The van der Waals surface area contributed by atoms with E-state index >= 15 is 0 Å². The Morgan fingerprint density at radius 2 is 2.00 bits per heavy atom. The maximum atomic E-state index is 12.4. The van der Waals surface area contributed by atoms with Crippen LogP contribution >= 0.6 is 0 Å². The van der Waals surface area contributed by atoms with Crippen molar-refractivity contribution in [2.75, 3.05) is 13.1 Å². The number of nitrogens with one attached hydrogen (secondary N) is 2. The highest BCUT2D eigenvalue weighted by Crippen LogP contribution is 2.24. The van der Waals surface area contributed by atoms with Gasteiger partial charge in [0.2, 0.25) is 5.91 Å². The predicted molar refractivity (Wildman–Crippen MR) is 99.5 cm³/mol. The summed E-state index contributed by atoms with van der Waals surface area (Å²) < 4.78 is 1.83. The average Bonchev–Trinajstić information content (AvgIpc) is 3.17. The number of carbonyl (C=O) groups is 1. The summed E-state index contributed by atoms with van der Waals surface area (Å²) in [4.78, 5) is 12.4. The van der Waals surface area contributed by atoms with Gasteiger partial charge in [-0.05, 0) is 68.5 Å². The lowest BCUT2D eigenvalue weighted by atomic mass is 9.84. The minimum absolute atomic E-state index is 0.0133. The van der Waals surface area contributed by atoms with Crippen molar-refractivity contribution < 1.29 is 4.79 Å². The second-order valence-corrected chi connectivity index (χ2v) is 7.10. The topological polar surface area (TPSA) is 59.0 Å². The number of carbonyl (C=O) groups excluding carboxylic acids is 1. The Morgan fingerprint density at radius 1 is 1.28 bits per heavy atom. The van der Waals surface area contributed by atoms with Crippen molar-refractivity contribution in [3.05, 3.63) is 48.3 Å². The molecule has 2 aromatic rings. The third-order valence-corrected chi connectivity index (χ3v) is 5.24. The van der Waals surface area contributed by atoms with Crippen molar-refractivity contribution in [2.24, 2.45) is 11.8 Å². The van der Waals surface area contributed by atoms with E-state index in [2.05, 4.69) is 34.8 Å². The van der Waals surface area contributed by atoms with Gasteiger partial charge in [0.15, 0.2) is 0 Å². The third kappa shape index (κ3) is 4.69. The zero-order chi connectivity index (χ0) is 17.6. The maximum Gasteiger partial charge on any atom is 0.220 e. The smallest absolute Gasteiger partial charge is 0.220 e. The Hall–Kier alpha value is -2.14. The van der Waals surface area contributed by atoms with Gasteiger partial charge in [-0.1, -0.05) is 19.1 Å². The van der Waals surface area contributed by atoms with Gasteiger partial charge in [-0.3, -0.25) is 4.79 Å². The van der Waals surface area contributed by atoms with Crippen LogP contribution in [0, 0.1) is 11.8 Å². The lowest BCUT2D eigenvalue weighted by Gasteiger charge is -2.28. The van der Waals surface area contributed by atoms with E-state index in [1.807, 2.05) is 36.0 Å². The SMILES string of the molecule is CC(NC(=O)CC(C)C1CCNCC1)c1ccc(-n2cccn2)cc1. The molecular formula is C20H28N4O. The van der Waals surface area contributed by atoms with Gasteiger partial charge in [-0.25, -0.2) is 4.68 Å². The Morgan fingerprint density at radius 3 is 2.64 bits per heavy atom. The van der Waals surface area contributed by atoms with Crippen molar-refractivity contribution in [3.8, 4) is 5.69 Å². The number of benzene rings is 1.